The Kier molecular flexibility index (Phi) is 4.33. The van der Waals surface area contributed by atoms with Crippen LogP contribution in [0.5, 0.6) is 0 Å². The van der Waals surface area contributed by atoms with Crippen LogP contribution in [0.15, 0.2) is 39.2 Å². The number of sulfone groups is 1. The van der Waals surface area contributed by atoms with Crippen LogP contribution in [0.4, 0.5) is 11.9 Å². The lowest BCUT2D eigenvalue weighted by molar-refractivity contribution is 0.602. The molecule has 0 saturated carbocycles. The molecule has 2 rings (SSSR count). The molecule has 2 N–H and O–H groups in total. The number of benzene rings is 1. The molecule has 0 aliphatic rings. The van der Waals surface area contributed by atoms with Gasteiger partial charge in [0.05, 0.1) is 4.90 Å². The Morgan fingerprint density at radius 2 is 1.71 bits per heavy atom. The Hall–Kier alpha value is -1.87. The van der Waals surface area contributed by atoms with Crippen molar-refractivity contribution in [2.24, 2.45) is 0 Å². The van der Waals surface area contributed by atoms with Crippen molar-refractivity contribution in [1.82, 2.24) is 15.0 Å². The van der Waals surface area contributed by atoms with E-state index in [1.807, 2.05) is 14.1 Å². The number of nitrogens with two attached hydrogens (primary N) is 1. The summed E-state index contributed by atoms with van der Waals surface area (Å²) in [4.78, 5) is 15.2. The van der Waals surface area contributed by atoms with Crippen molar-refractivity contribution in [2.45, 2.75) is 14.9 Å². The van der Waals surface area contributed by atoms with Crippen molar-refractivity contribution in [3.8, 4) is 0 Å². The second-order valence-electron chi connectivity index (χ2n) is 4.52. The fourth-order valence-electron chi connectivity index (χ4n) is 1.47. The van der Waals surface area contributed by atoms with Crippen molar-refractivity contribution in [3.05, 3.63) is 24.3 Å². The van der Waals surface area contributed by atoms with Gasteiger partial charge in [-0.3, -0.25) is 0 Å². The standard InChI is InChI=1S/C12H15N5O2S2/c1-17(2)11-14-10(13)15-12(16-11)20-8-4-6-9(7-5-8)21(3,18)19/h4-7H,1-3H3,(H2,13,14,15,16). The highest BCUT2D eigenvalue weighted by atomic mass is 32.2. The summed E-state index contributed by atoms with van der Waals surface area (Å²) in [7, 11) is 0.425. The van der Waals surface area contributed by atoms with Crippen molar-refractivity contribution in [3.63, 3.8) is 0 Å². The molecule has 21 heavy (non-hydrogen) atoms. The van der Waals surface area contributed by atoms with Gasteiger partial charge in [-0.2, -0.15) is 15.0 Å². The molecule has 1 aromatic heterocycles. The van der Waals surface area contributed by atoms with Gasteiger partial charge in [-0.15, -0.1) is 0 Å². The van der Waals surface area contributed by atoms with Gasteiger partial charge in [0.25, 0.3) is 0 Å². The van der Waals surface area contributed by atoms with E-state index in [1.54, 1.807) is 29.2 Å². The van der Waals surface area contributed by atoms with E-state index in [4.69, 9.17) is 5.73 Å². The molecule has 1 heterocycles. The minimum Gasteiger partial charge on any atom is -0.368 e. The number of hydrogen-bond acceptors (Lipinski definition) is 8. The van der Waals surface area contributed by atoms with Gasteiger partial charge in [0.1, 0.15) is 0 Å². The van der Waals surface area contributed by atoms with E-state index in [1.165, 1.54) is 18.0 Å². The summed E-state index contributed by atoms with van der Waals surface area (Å²) >= 11 is 1.29. The molecule has 0 unspecified atom stereocenters. The van der Waals surface area contributed by atoms with Crippen LogP contribution in [-0.2, 0) is 9.84 Å². The summed E-state index contributed by atoms with van der Waals surface area (Å²) in [5.41, 5.74) is 5.65. The summed E-state index contributed by atoms with van der Waals surface area (Å²) < 4.78 is 22.8. The van der Waals surface area contributed by atoms with Crippen LogP contribution in [0.1, 0.15) is 0 Å². The lowest BCUT2D eigenvalue weighted by Crippen LogP contribution is -2.15. The van der Waals surface area contributed by atoms with Crippen molar-refractivity contribution in [1.29, 1.82) is 0 Å². The Labute approximate surface area is 127 Å². The topological polar surface area (TPSA) is 102 Å². The first-order valence-electron chi connectivity index (χ1n) is 5.92. The van der Waals surface area contributed by atoms with E-state index in [0.717, 1.165) is 4.90 Å². The molecule has 0 spiro atoms. The van der Waals surface area contributed by atoms with Gasteiger partial charge < -0.3 is 10.6 Å². The molecule has 0 aliphatic carbocycles. The first kappa shape index (κ1) is 15.5. The summed E-state index contributed by atoms with van der Waals surface area (Å²) in [5, 5.41) is 0.457. The fourth-order valence-corrected chi connectivity index (χ4v) is 2.85. The average Bonchev–Trinajstić information content (AvgIpc) is 2.37. The number of rotatable bonds is 4. The highest BCUT2D eigenvalue weighted by molar-refractivity contribution is 7.99. The smallest absolute Gasteiger partial charge is 0.230 e. The van der Waals surface area contributed by atoms with Gasteiger partial charge in [0.2, 0.25) is 11.9 Å². The van der Waals surface area contributed by atoms with E-state index in [0.29, 0.717) is 11.1 Å². The number of anilines is 2. The van der Waals surface area contributed by atoms with Crippen LogP contribution < -0.4 is 10.6 Å². The molecular formula is C12H15N5O2S2. The van der Waals surface area contributed by atoms with E-state index in [-0.39, 0.29) is 10.8 Å². The van der Waals surface area contributed by atoms with Crippen LogP contribution >= 0.6 is 11.8 Å². The van der Waals surface area contributed by atoms with E-state index in [2.05, 4.69) is 15.0 Å². The number of nitrogen functional groups attached to an aromatic ring is 1. The van der Waals surface area contributed by atoms with Gasteiger partial charge in [-0.1, -0.05) is 0 Å². The SMILES string of the molecule is CN(C)c1nc(N)nc(Sc2ccc(S(C)(=O)=O)cc2)n1. The maximum absolute atomic E-state index is 11.4. The van der Waals surface area contributed by atoms with E-state index in [9.17, 15) is 8.42 Å². The fraction of sp³-hybridized carbons (Fsp3) is 0.250. The molecule has 0 aliphatic heterocycles. The zero-order valence-electron chi connectivity index (χ0n) is 11.8. The molecule has 112 valence electrons. The highest BCUT2D eigenvalue weighted by Gasteiger charge is 2.10. The highest BCUT2D eigenvalue weighted by Crippen LogP contribution is 2.26. The zero-order chi connectivity index (χ0) is 15.6. The Morgan fingerprint density at radius 3 is 2.24 bits per heavy atom. The minimum atomic E-state index is -3.19. The molecule has 2 aromatic rings. The van der Waals surface area contributed by atoms with Crippen molar-refractivity contribution >= 4 is 33.5 Å². The van der Waals surface area contributed by atoms with E-state index < -0.39 is 9.84 Å². The lowest BCUT2D eigenvalue weighted by atomic mass is 10.4. The van der Waals surface area contributed by atoms with Crippen LogP contribution in [0.3, 0.4) is 0 Å². The van der Waals surface area contributed by atoms with Gasteiger partial charge in [0.15, 0.2) is 15.0 Å². The molecule has 0 amide bonds. The summed E-state index contributed by atoms with van der Waals surface area (Å²) in [6.45, 7) is 0. The third-order valence-corrected chi connectivity index (χ3v) is 4.48. The third kappa shape index (κ3) is 4.05. The summed E-state index contributed by atoms with van der Waals surface area (Å²) in [6.07, 6.45) is 1.17. The van der Waals surface area contributed by atoms with Crippen LogP contribution in [0.25, 0.3) is 0 Å². The van der Waals surface area contributed by atoms with Crippen LogP contribution in [0.2, 0.25) is 0 Å². The van der Waals surface area contributed by atoms with Gasteiger partial charge in [0, 0.05) is 25.2 Å². The molecule has 0 atom stereocenters. The largest absolute Gasteiger partial charge is 0.368 e. The number of hydrogen-bond donors (Lipinski definition) is 1. The van der Waals surface area contributed by atoms with Crippen LogP contribution in [0, 0.1) is 0 Å². The normalized spacial score (nSPS) is 11.4. The Bertz CT molecular complexity index is 745. The third-order valence-electron chi connectivity index (χ3n) is 2.48. The van der Waals surface area contributed by atoms with Crippen molar-refractivity contribution in [2.75, 3.05) is 31.0 Å². The first-order valence-corrected chi connectivity index (χ1v) is 8.63. The number of aromatic nitrogens is 3. The maximum Gasteiger partial charge on any atom is 0.230 e. The molecule has 7 nitrogen and oxygen atoms in total. The molecule has 9 heteroatoms. The zero-order valence-corrected chi connectivity index (χ0v) is 13.4. The summed E-state index contributed by atoms with van der Waals surface area (Å²) in [5.74, 6) is 0.613. The average molecular weight is 325 g/mol. The second kappa shape index (κ2) is 5.86. The first-order chi connectivity index (χ1) is 9.75. The molecule has 0 bridgehead atoms. The quantitative estimate of drug-likeness (QED) is 0.890. The predicted molar refractivity (Wildman–Crippen MR) is 82.2 cm³/mol. The monoisotopic (exact) mass is 325 g/mol. The molecule has 0 saturated heterocycles. The van der Waals surface area contributed by atoms with Crippen molar-refractivity contribution < 1.29 is 8.42 Å². The van der Waals surface area contributed by atoms with Gasteiger partial charge in [-0.25, -0.2) is 8.42 Å². The molecule has 1 aromatic carbocycles. The van der Waals surface area contributed by atoms with Gasteiger partial charge >= 0.3 is 0 Å². The van der Waals surface area contributed by atoms with Gasteiger partial charge in [-0.05, 0) is 36.0 Å². The van der Waals surface area contributed by atoms with E-state index >= 15 is 0 Å². The maximum atomic E-state index is 11.4. The Morgan fingerprint density at radius 1 is 1.10 bits per heavy atom. The molecular weight excluding hydrogens is 310 g/mol. The summed E-state index contributed by atoms with van der Waals surface area (Å²) in [6, 6.07) is 6.51. The lowest BCUT2D eigenvalue weighted by Gasteiger charge is -2.11. The Balaban J connectivity index is 2.26. The molecule has 0 radical (unpaired) electrons. The second-order valence-corrected chi connectivity index (χ2v) is 7.57. The minimum absolute atomic E-state index is 0.143. The number of nitrogens with zero attached hydrogens (tertiary/aromatic N) is 4. The predicted octanol–water partition coefficient (Wildman–Crippen LogP) is 1.07. The molecule has 0 fully saturated rings. The van der Waals surface area contributed by atoms with Crippen LogP contribution in [-0.4, -0.2) is 43.7 Å².